The Morgan fingerprint density at radius 3 is 2.59 bits per heavy atom. The number of sulfonamides is 1. The highest BCUT2D eigenvalue weighted by molar-refractivity contribution is 7.89. The van der Waals surface area contributed by atoms with Gasteiger partial charge in [0.15, 0.2) is 5.82 Å². The van der Waals surface area contributed by atoms with Gasteiger partial charge in [0.25, 0.3) is 5.91 Å². The lowest BCUT2D eigenvalue weighted by atomic mass is 10.1. The molecule has 152 valence electrons. The van der Waals surface area contributed by atoms with Crippen LogP contribution in [0.25, 0.3) is 5.69 Å². The summed E-state index contributed by atoms with van der Waals surface area (Å²) in [5.74, 6) is -0.798. The molecule has 0 saturated heterocycles. The van der Waals surface area contributed by atoms with Crippen LogP contribution in [0.5, 0.6) is 0 Å². The normalized spacial score (nSPS) is 11.4. The number of aromatic nitrogens is 4. The summed E-state index contributed by atoms with van der Waals surface area (Å²) in [7, 11) is -3.73. The first-order valence-electron chi connectivity index (χ1n) is 8.69. The first-order chi connectivity index (χ1) is 13.7. The number of hydrogen-bond donors (Lipinski definition) is 2. The number of carbonyl (C=O) groups is 1. The van der Waals surface area contributed by atoms with Crippen LogP contribution in [0.2, 0.25) is 0 Å². The predicted molar refractivity (Wildman–Crippen MR) is 104 cm³/mol. The molecule has 1 amide bonds. The summed E-state index contributed by atoms with van der Waals surface area (Å²) in [6, 6.07) is 8.25. The van der Waals surface area contributed by atoms with Crippen molar-refractivity contribution >= 4 is 21.6 Å². The van der Waals surface area contributed by atoms with Crippen molar-refractivity contribution in [1.82, 2.24) is 24.9 Å². The molecule has 2 N–H and O–H groups in total. The summed E-state index contributed by atoms with van der Waals surface area (Å²) in [5.41, 5.74) is 1.05. The van der Waals surface area contributed by atoms with E-state index in [1.165, 1.54) is 41.1 Å². The summed E-state index contributed by atoms with van der Waals surface area (Å²) in [4.78, 5) is 12.7. The summed E-state index contributed by atoms with van der Waals surface area (Å²) in [6.07, 6.45) is 0. The molecular formula is C18H19FN6O3S. The van der Waals surface area contributed by atoms with E-state index in [1.54, 1.807) is 20.8 Å². The van der Waals surface area contributed by atoms with Crippen molar-refractivity contribution in [3.63, 3.8) is 0 Å². The molecule has 0 fully saturated rings. The molecule has 0 aliphatic carbocycles. The Kier molecular flexibility index (Phi) is 5.71. The molecule has 0 aliphatic heterocycles. The zero-order valence-corrected chi connectivity index (χ0v) is 16.8. The van der Waals surface area contributed by atoms with Crippen LogP contribution in [0.3, 0.4) is 0 Å². The number of tetrazole rings is 1. The van der Waals surface area contributed by atoms with E-state index in [-0.39, 0.29) is 22.7 Å². The third-order valence-electron chi connectivity index (χ3n) is 4.17. The van der Waals surface area contributed by atoms with Crippen molar-refractivity contribution < 1.29 is 17.6 Å². The molecule has 0 atom stereocenters. The van der Waals surface area contributed by atoms with Gasteiger partial charge < -0.3 is 5.32 Å². The largest absolute Gasteiger partial charge is 0.319 e. The number of benzene rings is 2. The lowest BCUT2D eigenvalue weighted by Crippen LogP contribution is -2.24. The number of halogens is 1. The zero-order valence-electron chi connectivity index (χ0n) is 16.0. The minimum atomic E-state index is -3.73. The molecule has 3 aromatic rings. The quantitative estimate of drug-likeness (QED) is 0.632. The standard InChI is InChI=1S/C18H19FN6O3S/c1-4-20-29(27,28)14-7-5-11(2)15(10-14)18(26)21-17-9-13(6-8-16(17)19)25-12(3)22-23-24-25/h5-10,20H,4H2,1-3H3,(H,21,26). The molecule has 29 heavy (non-hydrogen) atoms. The van der Waals surface area contributed by atoms with E-state index in [1.807, 2.05) is 0 Å². The van der Waals surface area contributed by atoms with Crippen LogP contribution in [0.4, 0.5) is 10.1 Å². The van der Waals surface area contributed by atoms with E-state index in [9.17, 15) is 17.6 Å². The van der Waals surface area contributed by atoms with Gasteiger partial charge in [-0.05, 0) is 60.2 Å². The van der Waals surface area contributed by atoms with Crippen molar-refractivity contribution in [2.24, 2.45) is 0 Å². The molecule has 0 aliphatic rings. The van der Waals surface area contributed by atoms with Gasteiger partial charge in [-0.2, -0.15) is 4.68 Å². The molecule has 1 aromatic heterocycles. The van der Waals surface area contributed by atoms with Crippen LogP contribution in [0, 0.1) is 19.7 Å². The second-order valence-corrected chi connectivity index (χ2v) is 8.00. The smallest absolute Gasteiger partial charge is 0.256 e. The second kappa shape index (κ2) is 8.05. The summed E-state index contributed by atoms with van der Waals surface area (Å²) in [6.45, 7) is 5.21. The van der Waals surface area contributed by atoms with Gasteiger partial charge in [-0.3, -0.25) is 4.79 Å². The third kappa shape index (κ3) is 4.30. The Bertz CT molecular complexity index is 1180. The van der Waals surface area contributed by atoms with Gasteiger partial charge in [-0.25, -0.2) is 17.5 Å². The van der Waals surface area contributed by atoms with Gasteiger partial charge in [0, 0.05) is 12.1 Å². The van der Waals surface area contributed by atoms with E-state index in [4.69, 9.17) is 0 Å². The number of aryl methyl sites for hydroxylation is 2. The highest BCUT2D eigenvalue weighted by Crippen LogP contribution is 2.22. The molecule has 1 heterocycles. The van der Waals surface area contributed by atoms with Crippen molar-refractivity contribution in [3.8, 4) is 5.69 Å². The summed E-state index contributed by atoms with van der Waals surface area (Å²) < 4.78 is 42.5. The van der Waals surface area contributed by atoms with E-state index in [2.05, 4.69) is 25.6 Å². The Hall–Kier alpha value is -3.18. The van der Waals surface area contributed by atoms with Crippen LogP contribution in [0.15, 0.2) is 41.3 Å². The fourth-order valence-electron chi connectivity index (χ4n) is 2.69. The number of anilines is 1. The van der Waals surface area contributed by atoms with Crippen molar-refractivity contribution in [3.05, 3.63) is 59.2 Å². The predicted octanol–water partition coefficient (Wildman–Crippen LogP) is 1.97. The number of nitrogens with zero attached hydrogens (tertiary/aromatic N) is 4. The highest BCUT2D eigenvalue weighted by atomic mass is 32.2. The third-order valence-corrected chi connectivity index (χ3v) is 5.71. The average molecular weight is 418 g/mol. The molecule has 0 radical (unpaired) electrons. The van der Waals surface area contributed by atoms with Gasteiger partial charge >= 0.3 is 0 Å². The second-order valence-electron chi connectivity index (χ2n) is 6.23. The highest BCUT2D eigenvalue weighted by Gasteiger charge is 2.18. The number of hydrogen-bond acceptors (Lipinski definition) is 6. The van der Waals surface area contributed by atoms with E-state index < -0.39 is 21.7 Å². The van der Waals surface area contributed by atoms with Crippen LogP contribution < -0.4 is 10.0 Å². The van der Waals surface area contributed by atoms with Gasteiger partial charge in [-0.15, -0.1) is 5.10 Å². The minimum Gasteiger partial charge on any atom is -0.319 e. The van der Waals surface area contributed by atoms with Crippen molar-refractivity contribution in [2.75, 3.05) is 11.9 Å². The van der Waals surface area contributed by atoms with Crippen LogP contribution in [0.1, 0.15) is 28.7 Å². The van der Waals surface area contributed by atoms with Crippen LogP contribution in [-0.2, 0) is 10.0 Å². The average Bonchev–Trinajstić information content (AvgIpc) is 3.09. The monoisotopic (exact) mass is 418 g/mol. The number of nitrogens with one attached hydrogen (secondary N) is 2. The molecule has 2 aromatic carbocycles. The van der Waals surface area contributed by atoms with Gasteiger partial charge in [-0.1, -0.05) is 13.0 Å². The fraction of sp³-hybridized carbons (Fsp3) is 0.222. The van der Waals surface area contributed by atoms with Crippen molar-refractivity contribution in [1.29, 1.82) is 0 Å². The van der Waals surface area contributed by atoms with E-state index >= 15 is 0 Å². The number of amides is 1. The Labute approximate surface area is 167 Å². The lowest BCUT2D eigenvalue weighted by Gasteiger charge is -2.12. The maximum atomic E-state index is 14.3. The maximum absolute atomic E-state index is 14.3. The zero-order chi connectivity index (χ0) is 21.2. The molecule has 3 rings (SSSR count). The molecular weight excluding hydrogens is 399 g/mol. The molecule has 11 heteroatoms. The first-order valence-corrected chi connectivity index (χ1v) is 10.2. The fourth-order valence-corrected chi connectivity index (χ4v) is 3.75. The topological polar surface area (TPSA) is 119 Å². The van der Waals surface area contributed by atoms with Gasteiger partial charge in [0.05, 0.1) is 16.3 Å². The van der Waals surface area contributed by atoms with Crippen LogP contribution in [-0.4, -0.2) is 41.1 Å². The molecule has 0 bridgehead atoms. The maximum Gasteiger partial charge on any atom is 0.256 e. The van der Waals surface area contributed by atoms with E-state index in [0.29, 0.717) is 17.1 Å². The minimum absolute atomic E-state index is 0.0476. The Morgan fingerprint density at radius 2 is 1.93 bits per heavy atom. The van der Waals surface area contributed by atoms with Crippen molar-refractivity contribution in [2.45, 2.75) is 25.7 Å². The van der Waals surface area contributed by atoms with E-state index in [0.717, 1.165) is 0 Å². The first kappa shape index (κ1) is 20.6. The van der Waals surface area contributed by atoms with Gasteiger partial charge in [0.1, 0.15) is 5.82 Å². The Balaban J connectivity index is 1.94. The Morgan fingerprint density at radius 1 is 1.17 bits per heavy atom. The van der Waals surface area contributed by atoms with Crippen LogP contribution >= 0.6 is 0 Å². The SMILES string of the molecule is CCNS(=O)(=O)c1ccc(C)c(C(=O)Nc2cc(-n3nnnc3C)ccc2F)c1. The van der Waals surface area contributed by atoms with Gasteiger partial charge in [0.2, 0.25) is 10.0 Å². The lowest BCUT2D eigenvalue weighted by molar-refractivity contribution is 0.102. The molecule has 0 spiro atoms. The molecule has 0 saturated carbocycles. The molecule has 9 nitrogen and oxygen atoms in total. The number of rotatable bonds is 6. The summed E-state index contributed by atoms with van der Waals surface area (Å²) in [5, 5.41) is 13.6. The molecule has 0 unspecified atom stereocenters. The summed E-state index contributed by atoms with van der Waals surface area (Å²) >= 11 is 0. The number of carbonyl (C=O) groups excluding carboxylic acids is 1.